The Morgan fingerprint density at radius 3 is 1.73 bits per heavy atom. The van der Waals surface area contributed by atoms with Crippen molar-refractivity contribution in [2.45, 2.75) is 6.42 Å². The Morgan fingerprint density at radius 1 is 0.294 bits per heavy atom. The van der Waals surface area contributed by atoms with E-state index in [1.54, 1.807) is 0 Å². The summed E-state index contributed by atoms with van der Waals surface area (Å²) in [6.45, 7) is 0. The summed E-state index contributed by atoms with van der Waals surface area (Å²) in [5.41, 5.74) is 17.7. The predicted molar refractivity (Wildman–Crippen MR) is 214 cm³/mol. The molecule has 2 heterocycles. The molecule has 0 saturated carbocycles. The van der Waals surface area contributed by atoms with Gasteiger partial charge in [0, 0.05) is 32.9 Å². The summed E-state index contributed by atoms with van der Waals surface area (Å²) in [4.78, 5) is 0. The van der Waals surface area contributed by atoms with Crippen LogP contribution in [-0.2, 0) is 6.42 Å². The van der Waals surface area contributed by atoms with Gasteiger partial charge in [0.15, 0.2) is 0 Å². The van der Waals surface area contributed by atoms with Crippen LogP contribution in [0.1, 0.15) is 11.1 Å². The van der Waals surface area contributed by atoms with E-state index < -0.39 is 0 Å². The lowest BCUT2D eigenvalue weighted by molar-refractivity contribution is 1.18. The molecule has 0 spiro atoms. The number of para-hydroxylation sites is 3. The fraction of sp³-hybridized carbons (Fsp3) is 0.0204. The van der Waals surface area contributed by atoms with Crippen LogP contribution in [0.25, 0.3) is 88.4 Å². The largest absolute Gasteiger partial charge is 0.309 e. The van der Waals surface area contributed by atoms with Crippen LogP contribution >= 0.6 is 0 Å². The first-order chi connectivity index (χ1) is 25.3. The Morgan fingerprint density at radius 2 is 0.863 bits per heavy atom. The molecular weight excluding hydrogens is 617 g/mol. The van der Waals surface area contributed by atoms with E-state index in [4.69, 9.17) is 0 Å². The third-order valence-electron chi connectivity index (χ3n) is 10.9. The van der Waals surface area contributed by atoms with Crippen molar-refractivity contribution in [3.63, 3.8) is 0 Å². The minimum Gasteiger partial charge on any atom is -0.309 e. The van der Waals surface area contributed by atoms with Gasteiger partial charge in [-0.05, 0) is 112 Å². The number of nitrogens with zero attached hydrogens (tertiary/aromatic N) is 2. The third-order valence-corrected chi connectivity index (χ3v) is 10.9. The van der Waals surface area contributed by atoms with Crippen molar-refractivity contribution in [1.82, 2.24) is 9.13 Å². The second kappa shape index (κ2) is 10.9. The molecule has 0 aliphatic heterocycles. The van der Waals surface area contributed by atoms with Gasteiger partial charge in [0.2, 0.25) is 0 Å². The van der Waals surface area contributed by atoms with Crippen molar-refractivity contribution in [1.29, 1.82) is 0 Å². The summed E-state index contributed by atoms with van der Waals surface area (Å²) in [5.74, 6) is 0. The lowest BCUT2D eigenvalue weighted by atomic mass is 9.98. The highest BCUT2D eigenvalue weighted by atomic mass is 15.0. The Kier molecular flexibility index (Phi) is 6.05. The highest BCUT2D eigenvalue weighted by Crippen LogP contribution is 2.41. The minimum absolute atomic E-state index is 1.01. The fourth-order valence-corrected chi connectivity index (χ4v) is 8.56. The number of aromatic nitrogens is 2. The highest BCUT2D eigenvalue weighted by molar-refractivity contribution is 6.12. The quantitative estimate of drug-likeness (QED) is 0.180. The van der Waals surface area contributed by atoms with Crippen LogP contribution in [0.15, 0.2) is 182 Å². The maximum Gasteiger partial charge on any atom is 0.0547 e. The topological polar surface area (TPSA) is 9.86 Å². The molecule has 0 fully saturated rings. The van der Waals surface area contributed by atoms with Crippen LogP contribution in [0, 0.1) is 0 Å². The number of fused-ring (bicyclic) bond motifs is 9. The molecule has 8 aromatic carbocycles. The number of benzene rings is 8. The average Bonchev–Trinajstić information content (AvgIpc) is 3.85. The second-order valence-corrected chi connectivity index (χ2v) is 13.8. The molecular formula is C49H32N2. The zero-order valence-electron chi connectivity index (χ0n) is 27.9. The van der Waals surface area contributed by atoms with Crippen LogP contribution in [0.3, 0.4) is 0 Å². The fourth-order valence-electron chi connectivity index (χ4n) is 8.56. The Hall–Kier alpha value is -6.64. The maximum atomic E-state index is 2.43. The Balaban J connectivity index is 1.05. The van der Waals surface area contributed by atoms with Gasteiger partial charge in [0.05, 0.1) is 22.1 Å². The summed E-state index contributed by atoms with van der Waals surface area (Å²) >= 11 is 0. The molecule has 2 heteroatoms. The van der Waals surface area contributed by atoms with E-state index >= 15 is 0 Å². The first kappa shape index (κ1) is 28.2. The monoisotopic (exact) mass is 648 g/mol. The van der Waals surface area contributed by atoms with Crippen molar-refractivity contribution < 1.29 is 0 Å². The molecule has 0 atom stereocenters. The molecule has 0 saturated heterocycles. The molecule has 51 heavy (non-hydrogen) atoms. The summed E-state index contributed by atoms with van der Waals surface area (Å²) < 4.78 is 4.82. The Labute approximate surface area is 296 Å². The lowest BCUT2D eigenvalue weighted by Crippen LogP contribution is -1.94. The normalized spacial score (nSPS) is 12.2. The van der Waals surface area contributed by atoms with Crippen LogP contribution in [0.2, 0.25) is 0 Å². The zero-order valence-corrected chi connectivity index (χ0v) is 27.9. The van der Waals surface area contributed by atoms with Crippen molar-refractivity contribution in [2.75, 3.05) is 0 Å². The summed E-state index contributed by atoms with van der Waals surface area (Å²) in [7, 11) is 0. The molecule has 0 amide bonds. The smallest absolute Gasteiger partial charge is 0.0547 e. The highest BCUT2D eigenvalue weighted by Gasteiger charge is 2.19. The summed E-state index contributed by atoms with van der Waals surface area (Å²) in [6.07, 6.45) is 1.01. The van der Waals surface area contributed by atoms with Gasteiger partial charge in [0.25, 0.3) is 0 Å². The molecule has 1 aliphatic rings. The van der Waals surface area contributed by atoms with Gasteiger partial charge in [-0.15, -0.1) is 0 Å². The van der Waals surface area contributed by atoms with Crippen molar-refractivity contribution in [3.8, 4) is 44.8 Å². The molecule has 2 nitrogen and oxygen atoms in total. The van der Waals surface area contributed by atoms with Gasteiger partial charge >= 0.3 is 0 Å². The standard InChI is InChI=1S/C49H32N2/c1-2-13-38(14-3-1)50-46-19-8-6-17-41(46)43-25-23-35(31-49(43)50)34-24-26-48-45(30-34)42-18-7-9-20-47(42)51(48)39-15-10-12-32(28-39)33-21-22-37-27-36-11-4-5-16-40(36)44(37)29-33/h1-26,28-31H,27H2. The molecule has 1 aliphatic carbocycles. The minimum atomic E-state index is 1.01. The average molecular weight is 649 g/mol. The molecule has 238 valence electrons. The molecule has 0 N–H and O–H groups in total. The van der Waals surface area contributed by atoms with Gasteiger partial charge in [-0.25, -0.2) is 0 Å². The summed E-state index contributed by atoms with van der Waals surface area (Å²) in [6, 6.07) is 67.0. The van der Waals surface area contributed by atoms with E-state index in [0.717, 1.165) is 6.42 Å². The van der Waals surface area contributed by atoms with Crippen LogP contribution < -0.4 is 0 Å². The number of hydrogen-bond donors (Lipinski definition) is 0. The maximum absolute atomic E-state index is 2.43. The van der Waals surface area contributed by atoms with E-state index in [0.29, 0.717) is 0 Å². The molecule has 0 bridgehead atoms. The number of rotatable bonds is 4. The first-order valence-electron chi connectivity index (χ1n) is 17.7. The molecule has 11 rings (SSSR count). The van der Waals surface area contributed by atoms with Crippen LogP contribution in [0.4, 0.5) is 0 Å². The first-order valence-corrected chi connectivity index (χ1v) is 17.7. The van der Waals surface area contributed by atoms with Gasteiger partial charge < -0.3 is 9.13 Å². The Bertz CT molecular complexity index is 2990. The molecule has 10 aromatic rings. The third kappa shape index (κ3) is 4.30. The van der Waals surface area contributed by atoms with Gasteiger partial charge in [-0.3, -0.25) is 0 Å². The molecule has 2 aromatic heterocycles. The van der Waals surface area contributed by atoms with Gasteiger partial charge in [-0.2, -0.15) is 0 Å². The molecule has 0 unspecified atom stereocenters. The zero-order chi connectivity index (χ0) is 33.5. The van der Waals surface area contributed by atoms with Crippen LogP contribution in [0.5, 0.6) is 0 Å². The molecule has 0 radical (unpaired) electrons. The van der Waals surface area contributed by atoms with E-state index in [-0.39, 0.29) is 0 Å². The predicted octanol–water partition coefficient (Wildman–Crippen LogP) is 12.8. The van der Waals surface area contributed by atoms with E-state index in [1.165, 1.54) is 99.5 Å². The van der Waals surface area contributed by atoms with Crippen molar-refractivity contribution >= 4 is 43.6 Å². The van der Waals surface area contributed by atoms with Gasteiger partial charge in [-0.1, -0.05) is 121 Å². The van der Waals surface area contributed by atoms with E-state index in [9.17, 15) is 0 Å². The number of hydrogen-bond acceptors (Lipinski definition) is 0. The second-order valence-electron chi connectivity index (χ2n) is 13.8. The lowest BCUT2D eigenvalue weighted by Gasteiger charge is -2.12. The summed E-state index contributed by atoms with van der Waals surface area (Å²) in [5, 5.41) is 5.05. The van der Waals surface area contributed by atoms with Crippen LogP contribution in [-0.4, -0.2) is 9.13 Å². The SMILES string of the molecule is c1ccc(-n2c3ccccc3c3ccc(-c4ccc5c(c4)c4ccccc4n5-c4cccc(-c5ccc6c(c5)-c5ccccc5C6)c4)cc32)cc1. The van der Waals surface area contributed by atoms with Crippen molar-refractivity contribution in [3.05, 3.63) is 193 Å². The van der Waals surface area contributed by atoms with Crippen molar-refractivity contribution in [2.24, 2.45) is 0 Å². The van der Waals surface area contributed by atoms with Gasteiger partial charge in [0.1, 0.15) is 0 Å². The van der Waals surface area contributed by atoms with E-state index in [1.807, 2.05) is 0 Å². The van der Waals surface area contributed by atoms with E-state index in [2.05, 4.69) is 191 Å².